The maximum atomic E-state index is 12.7. The second-order valence-corrected chi connectivity index (χ2v) is 20.1. The highest BCUT2D eigenvalue weighted by atomic mass is 35.5. The fraction of sp³-hybridized carbons (Fsp3) is 0.448. The molecule has 2 aromatic heterocycles. The first-order chi connectivity index (χ1) is 39.5. The number of carbonyl (C=O) groups excluding carboxylic acids is 6. The largest absolute Gasteiger partial charge is 0.462 e. The number of rotatable bonds is 31. The summed E-state index contributed by atoms with van der Waals surface area (Å²) >= 11 is 0. The van der Waals surface area contributed by atoms with Crippen LogP contribution in [-0.4, -0.2) is 135 Å². The van der Waals surface area contributed by atoms with E-state index in [0.717, 1.165) is 11.1 Å². The van der Waals surface area contributed by atoms with E-state index in [1.165, 1.54) is 9.36 Å². The lowest BCUT2D eigenvalue weighted by atomic mass is 9.95. The number of alkyl carbamates (subject to hydrolysis) is 2. The van der Waals surface area contributed by atoms with Crippen molar-refractivity contribution in [1.29, 1.82) is 0 Å². The molecule has 0 bridgehead atoms. The summed E-state index contributed by atoms with van der Waals surface area (Å²) in [5.74, 6) is -0.592. The van der Waals surface area contributed by atoms with E-state index in [2.05, 4.69) is 52.3 Å². The first-order valence-electron chi connectivity index (χ1n) is 26.9. The van der Waals surface area contributed by atoms with Gasteiger partial charge in [-0.15, -0.1) is 22.6 Å². The third kappa shape index (κ3) is 26.2. The Morgan fingerprint density at radius 1 is 0.512 bits per heavy atom. The minimum atomic E-state index is -1.12. The molecule has 6 rings (SSSR count). The summed E-state index contributed by atoms with van der Waals surface area (Å²) in [6.07, 6.45) is 1.24. The lowest BCUT2D eigenvalue weighted by Crippen LogP contribution is -2.51. The van der Waals surface area contributed by atoms with Gasteiger partial charge in [0, 0.05) is 18.5 Å². The lowest BCUT2D eigenvalue weighted by Gasteiger charge is -2.24. The van der Waals surface area contributed by atoms with Gasteiger partial charge in [-0.1, -0.05) is 125 Å². The molecule has 0 aliphatic rings. The average molecular weight is 1190 g/mol. The molecular formula is C58H80ClN13O12. The predicted octanol–water partition coefficient (Wildman–Crippen LogP) is 6.66. The van der Waals surface area contributed by atoms with Crippen molar-refractivity contribution in [3.63, 3.8) is 0 Å². The summed E-state index contributed by atoms with van der Waals surface area (Å²) in [7, 11) is 0. The van der Waals surface area contributed by atoms with Crippen LogP contribution in [0.1, 0.15) is 123 Å². The smallest absolute Gasteiger partial charge is 0.407 e. The van der Waals surface area contributed by atoms with Crippen molar-refractivity contribution >= 4 is 48.3 Å². The minimum absolute atomic E-state index is 0. The number of tetrazole rings is 2. The molecule has 2 atom stereocenters. The van der Waals surface area contributed by atoms with Crippen LogP contribution in [0.4, 0.5) is 9.59 Å². The zero-order chi connectivity index (χ0) is 59.0. The van der Waals surface area contributed by atoms with Crippen molar-refractivity contribution < 1.29 is 57.2 Å². The Morgan fingerprint density at radius 3 is 1.25 bits per heavy atom. The predicted molar refractivity (Wildman–Crippen MR) is 312 cm³/mol. The van der Waals surface area contributed by atoms with Crippen LogP contribution in [0.2, 0.25) is 0 Å². The molecule has 0 aliphatic carbocycles. The van der Waals surface area contributed by atoms with Crippen molar-refractivity contribution in [3.8, 4) is 0 Å². The van der Waals surface area contributed by atoms with Gasteiger partial charge in [0.05, 0.1) is 69.4 Å². The van der Waals surface area contributed by atoms with Crippen molar-refractivity contribution in [2.24, 2.45) is 11.1 Å². The van der Waals surface area contributed by atoms with Crippen LogP contribution in [0.5, 0.6) is 0 Å². The van der Waals surface area contributed by atoms with E-state index in [1.807, 2.05) is 93.6 Å². The molecule has 0 spiro atoms. The average Bonchev–Trinajstić information content (AvgIpc) is 4.22. The number of nitrogens with one attached hydrogen (secondary N) is 4. The van der Waals surface area contributed by atoms with Gasteiger partial charge in [0.2, 0.25) is 11.8 Å². The van der Waals surface area contributed by atoms with Gasteiger partial charge in [0.15, 0.2) is 11.6 Å². The van der Waals surface area contributed by atoms with Crippen LogP contribution < -0.4 is 27.0 Å². The summed E-state index contributed by atoms with van der Waals surface area (Å²) < 4.78 is 35.6. The molecule has 6 aromatic rings. The van der Waals surface area contributed by atoms with Gasteiger partial charge in [-0.2, -0.15) is 0 Å². The Hall–Kier alpha value is -8.39. The van der Waals surface area contributed by atoms with E-state index >= 15 is 0 Å². The topological polar surface area (TPSA) is 319 Å². The maximum absolute atomic E-state index is 12.7. The molecule has 0 radical (unpaired) electrons. The number of hydrogen-bond donors (Lipinski definition) is 5. The fourth-order valence-electron chi connectivity index (χ4n) is 7.09. The quantitative estimate of drug-likeness (QED) is 0.0172. The summed E-state index contributed by atoms with van der Waals surface area (Å²) in [6, 6.07) is 35.5. The number of aromatic nitrogens is 8. The number of halogens is 1. The van der Waals surface area contributed by atoms with Gasteiger partial charge < -0.3 is 55.4 Å². The molecule has 0 fully saturated rings. The first kappa shape index (κ1) is 69.9. The third-order valence-electron chi connectivity index (χ3n) is 11.7. The molecule has 2 heterocycles. The zero-order valence-corrected chi connectivity index (χ0v) is 48.3. The maximum Gasteiger partial charge on any atom is 0.407 e. The number of nitrogens with two attached hydrogens (primary N) is 1. The molecule has 6 N–H and O–H groups in total. The Balaban J connectivity index is 0.000000430. The zero-order valence-electron chi connectivity index (χ0n) is 47.5. The fourth-order valence-corrected chi connectivity index (χ4v) is 7.09. The van der Waals surface area contributed by atoms with Gasteiger partial charge in [0.25, 0.3) is 0 Å². The van der Waals surface area contributed by atoms with E-state index in [-0.39, 0.29) is 90.4 Å². The highest BCUT2D eigenvalue weighted by molar-refractivity contribution is 5.90. The molecule has 4 amide bonds. The van der Waals surface area contributed by atoms with Crippen LogP contribution >= 0.6 is 12.4 Å². The van der Waals surface area contributed by atoms with E-state index in [9.17, 15) is 28.8 Å². The molecule has 0 saturated heterocycles. The first-order valence-corrected chi connectivity index (χ1v) is 26.9. The summed E-state index contributed by atoms with van der Waals surface area (Å²) in [4.78, 5) is 73.3. The molecule has 26 heteroatoms. The van der Waals surface area contributed by atoms with Crippen LogP contribution in [0, 0.1) is 5.41 Å². The van der Waals surface area contributed by atoms with Gasteiger partial charge >= 0.3 is 24.1 Å². The van der Waals surface area contributed by atoms with Crippen LogP contribution in [0.25, 0.3) is 0 Å². The van der Waals surface area contributed by atoms with Crippen molar-refractivity contribution in [2.75, 3.05) is 52.7 Å². The van der Waals surface area contributed by atoms with Crippen molar-refractivity contribution in [1.82, 2.24) is 61.7 Å². The number of nitrogens with zero attached hydrogens (tertiary/aromatic N) is 8. The van der Waals surface area contributed by atoms with Gasteiger partial charge in [-0.3, -0.25) is 9.59 Å². The van der Waals surface area contributed by atoms with Gasteiger partial charge in [0.1, 0.15) is 25.3 Å². The van der Waals surface area contributed by atoms with Crippen LogP contribution in [0.3, 0.4) is 0 Å². The summed E-state index contributed by atoms with van der Waals surface area (Å²) in [5, 5.41) is 34.7. The van der Waals surface area contributed by atoms with E-state index in [1.54, 1.807) is 62.4 Å². The Labute approximate surface area is 496 Å². The number of esters is 2. The third-order valence-corrected chi connectivity index (χ3v) is 11.7. The van der Waals surface area contributed by atoms with Crippen molar-refractivity contribution in [3.05, 3.63) is 155 Å². The SMILES string of the molecule is C.CC(C)(C)C(=O)N[C@H](COCc1ccccc1)c1nnnn1CCOC(=O)NCCCCOC(=O)c1ccccc1.CC(C)(N)C(=O)N[C@H](COCc1ccccc1)c1nnnn1CCOC(=O)NCCCCOC(=O)c1ccccc1.Cl. The number of carbonyl (C=O) groups is 6. The summed E-state index contributed by atoms with van der Waals surface area (Å²) in [5.41, 5.74) is 7.19. The molecule has 0 aliphatic heterocycles. The van der Waals surface area contributed by atoms with Gasteiger partial charge in [-0.05, 0) is 95.8 Å². The lowest BCUT2D eigenvalue weighted by molar-refractivity contribution is -0.130. The number of unbranched alkanes of at least 4 members (excludes halogenated alkanes) is 2. The molecule has 0 unspecified atom stereocenters. The Bertz CT molecular complexity index is 2660. The number of ether oxygens (including phenoxy) is 6. The highest BCUT2D eigenvalue weighted by Crippen LogP contribution is 2.19. The Morgan fingerprint density at radius 2 is 0.881 bits per heavy atom. The molecular weight excluding hydrogens is 1110 g/mol. The summed E-state index contributed by atoms with van der Waals surface area (Å²) in [6.45, 7) is 11.2. The molecule has 84 heavy (non-hydrogen) atoms. The number of hydrogen-bond acceptors (Lipinski definition) is 19. The Kier molecular flexibility index (Phi) is 31.3. The molecule has 25 nitrogen and oxygen atoms in total. The molecule has 4 aromatic carbocycles. The highest BCUT2D eigenvalue weighted by Gasteiger charge is 2.30. The molecule has 0 saturated carbocycles. The van der Waals surface area contributed by atoms with E-state index < -0.39 is 41.1 Å². The van der Waals surface area contributed by atoms with Crippen LogP contribution in [-0.2, 0) is 64.3 Å². The van der Waals surface area contributed by atoms with E-state index in [0.29, 0.717) is 74.8 Å². The second-order valence-electron chi connectivity index (χ2n) is 20.1. The van der Waals surface area contributed by atoms with Crippen molar-refractivity contribution in [2.45, 2.75) is 112 Å². The number of amides is 4. The minimum Gasteiger partial charge on any atom is -0.462 e. The second kappa shape index (κ2) is 37.7. The van der Waals surface area contributed by atoms with Gasteiger partial charge in [-0.25, -0.2) is 28.5 Å². The standard InChI is InChI=1S/C29H38N6O6.C28H37N7O6.CH4.ClH/c1-29(2,3)27(37)31-24(21-39-20-22-12-6-4-7-13-22)25-32-33-34-35(25)17-19-41-28(38)30-16-10-11-18-40-26(36)23-14-8-5-9-15-23;1-28(2,29)26(37)31-23(20-39-19-21-11-5-3-6-12-21)24-32-33-34-35(24)16-18-41-27(38)30-15-9-10-17-40-25(36)22-13-7-4-8-14-22;;/h4-9,12-15,24H,10-11,16-21H2,1-3H3,(H,30,38)(H,31,37);3-8,11-14,23H,9-10,15-20,29H2,1-2H3,(H,30,38)(H,31,37);1H4;1H/t24-;23-;;/m11../s1. The van der Waals surface area contributed by atoms with E-state index in [4.69, 9.17) is 34.2 Å². The molecule has 456 valence electrons. The van der Waals surface area contributed by atoms with Crippen LogP contribution in [0.15, 0.2) is 121 Å². The normalized spacial score (nSPS) is 11.6. The monoisotopic (exact) mass is 1190 g/mol. The number of benzene rings is 4.